The molecule has 4 aromatic rings. The summed E-state index contributed by atoms with van der Waals surface area (Å²) >= 11 is 0. The number of aromatic nitrogens is 2. The van der Waals surface area contributed by atoms with Crippen molar-refractivity contribution >= 4 is 28.5 Å². The first-order chi connectivity index (χ1) is 15.5. The number of pyridine rings is 2. The number of fused-ring (bicyclic) bond motifs is 1. The van der Waals surface area contributed by atoms with Gasteiger partial charge >= 0.3 is 6.03 Å². The molecule has 4 rings (SSSR count). The molecule has 0 atom stereocenters. The van der Waals surface area contributed by atoms with E-state index in [1.807, 2.05) is 30.3 Å². The quantitative estimate of drug-likeness (QED) is 0.426. The zero-order chi connectivity index (χ0) is 22.5. The molecule has 0 radical (unpaired) electrons. The first kappa shape index (κ1) is 20.8. The van der Waals surface area contributed by atoms with Gasteiger partial charge in [-0.25, -0.2) is 10.2 Å². The van der Waals surface area contributed by atoms with Gasteiger partial charge in [0.2, 0.25) is 0 Å². The van der Waals surface area contributed by atoms with Crippen molar-refractivity contribution in [3.63, 3.8) is 0 Å². The number of carbonyl (C=O) groups excluding carboxylic acids is 2. The molecule has 0 aliphatic carbocycles. The summed E-state index contributed by atoms with van der Waals surface area (Å²) in [5, 5.41) is 3.63. The number of methoxy groups -OCH3 is 1. The molecular formula is C24H21N5O3. The third kappa shape index (κ3) is 4.65. The number of benzene rings is 2. The number of ether oxygens (including phenoxy) is 1. The van der Waals surface area contributed by atoms with Crippen LogP contribution < -0.4 is 20.9 Å². The number of amides is 3. The molecule has 3 N–H and O–H groups in total. The highest BCUT2D eigenvalue weighted by Gasteiger charge is 2.13. The average Bonchev–Trinajstić information content (AvgIpc) is 2.82. The summed E-state index contributed by atoms with van der Waals surface area (Å²) in [6.07, 6.45) is 1.76. The predicted molar refractivity (Wildman–Crippen MR) is 122 cm³/mol. The van der Waals surface area contributed by atoms with Gasteiger partial charge in [-0.2, -0.15) is 0 Å². The zero-order valence-corrected chi connectivity index (χ0v) is 17.5. The van der Waals surface area contributed by atoms with Crippen molar-refractivity contribution < 1.29 is 14.3 Å². The van der Waals surface area contributed by atoms with Gasteiger partial charge in [0.1, 0.15) is 5.75 Å². The molecule has 0 bridgehead atoms. The minimum absolute atomic E-state index is 0.354. The van der Waals surface area contributed by atoms with Crippen molar-refractivity contribution in [2.45, 2.75) is 6.92 Å². The number of carbonyl (C=O) groups is 2. The molecule has 0 fully saturated rings. The molecule has 160 valence electrons. The number of nitrogens with one attached hydrogen (secondary N) is 3. The maximum atomic E-state index is 12.5. The Hall–Kier alpha value is -4.46. The van der Waals surface area contributed by atoms with E-state index < -0.39 is 11.9 Å². The van der Waals surface area contributed by atoms with Gasteiger partial charge in [0.25, 0.3) is 5.91 Å². The highest BCUT2D eigenvalue weighted by Crippen LogP contribution is 2.22. The SMILES string of the molecule is COc1ccc(NC(=O)NNC(=O)c2ccc(-c3cnc4ccccc4c3)nc2C)cc1. The number of rotatable bonds is 4. The summed E-state index contributed by atoms with van der Waals surface area (Å²) in [5.74, 6) is 0.207. The minimum atomic E-state index is -0.576. The zero-order valence-electron chi connectivity index (χ0n) is 17.5. The number of anilines is 1. The fraction of sp³-hybridized carbons (Fsp3) is 0.0833. The smallest absolute Gasteiger partial charge is 0.337 e. The van der Waals surface area contributed by atoms with E-state index in [1.54, 1.807) is 56.6 Å². The Morgan fingerprint density at radius 2 is 1.72 bits per heavy atom. The Morgan fingerprint density at radius 3 is 2.47 bits per heavy atom. The van der Waals surface area contributed by atoms with Crippen LogP contribution in [0.15, 0.2) is 72.9 Å². The Morgan fingerprint density at radius 1 is 0.938 bits per heavy atom. The second kappa shape index (κ2) is 9.13. The highest BCUT2D eigenvalue weighted by atomic mass is 16.5. The van der Waals surface area contributed by atoms with Crippen molar-refractivity contribution in [3.05, 3.63) is 84.2 Å². The molecule has 0 unspecified atom stereocenters. The van der Waals surface area contributed by atoms with Gasteiger partial charge in [0.15, 0.2) is 0 Å². The van der Waals surface area contributed by atoms with Crippen molar-refractivity contribution in [1.82, 2.24) is 20.8 Å². The number of aryl methyl sites for hydroxylation is 1. The Labute approximate surface area is 184 Å². The largest absolute Gasteiger partial charge is 0.497 e. The number of nitrogens with zero attached hydrogens (tertiary/aromatic N) is 2. The van der Waals surface area contributed by atoms with E-state index in [2.05, 4.69) is 26.1 Å². The maximum absolute atomic E-state index is 12.5. The first-order valence-electron chi connectivity index (χ1n) is 9.88. The van der Waals surface area contributed by atoms with Gasteiger partial charge in [-0.1, -0.05) is 18.2 Å². The van der Waals surface area contributed by atoms with Crippen molar-refractivity contribution in [1.29, 1.82) is 0 Å². The summed E-state index contributed by atoms with van der Waals surface area (Å²) in [6, 6.07) is 19.5. The summed E-state index contributed by atoms with van der Waals surface area (Å²) in [7, 11) is 1.56. The molecule has 0 aliphatic heterocycles. The maximum Gasteiger partial charge on any atom is 0.337 e. The third-order valence-electron chi connectivity index (χ3n) is 4.85. The standard InChI is InChI=1S/C24H21N5O3/c1-15-20(23(30)28-29-24(31)27-18-7-9-19(32-2)10-8-18)11-12-22(26-15)17-13-16-5-3-4-6-21(16)25-14-17/h3-14H,1-2H3,(H,28,30)(H2,27,29,31). The lowest BCUT2D eigenvalue weighted by atomic mass is 10.1. The van der Waals surface area contributed by atoms with Crippen LogP contribution in [0.3, 0.4) is 0 Å². The van der Waals surface area contributed by atoms with Crippen LogP contribution in [0.1, 0.15) is 16.1 Å². The fourth-order valence-corrected chi connectivity index (χ4v) is 3.19. The molecular weight excluding hydrogens is 406 g/mol. The van der Waals surface area contributed by atoms with Crippen molar-refractivity contribution in [2.75, 3.05) is 12.4 Å². The predicted octanol–water partition coefficient (Wildman–Crippen LogP) is 4.08. The van der Waals surface area contributed by atoms with Crippen LogP contribution in [-0.4, -0.2) is 29.0 Å². The molecule has 2 heterocycles. The molecule has 2 aromatic carbocycles. The summed E-state index contributed by atoms with van der Waals surface area (Å²) in [4.78, 5) is 33.5. The first-order valence-corrected chi connectivity index (χ1v) is 9.88. The molecule has 2 aromatic heterocycles. The van der Waals surface area contributed by atoms with Crippen LogP contribution in [0.5, 0.6) is 5.75 Å². The van der Waals surface area contributed by atoms with Crippen molar-refractivity contribution in [2.24, 2.45) is 0 Å². The number of hydrazine groups is 1. The number of para-hydroxylation sites is 1. The second-order valence-electron chi connectivity index (χ2n) is 7.01. The lowest BCUT2D eigenvalue weighted by Gasteiger charge is -2.11. The molecule has 0 saturated heterocycles. The Balaban J connectivity index is 1.40. The van der Waals surface area contributed by atoms with Crippen LogP contribution in [0.2, 0.25) is 0 Å². The van der Waals surface area contributed by atoms with E-state index in [4.69, 9.17) is 4.74 Å². The third-order valence-corrected chi connectivity index (χ3v) is 4.85. The van der Waals surface area contributed by atoms with Crippen LogP contribution in [0.25, 0.3) is 22.2 Å². The molecule has 3 amide bonds. The molecule has 8 nitrogen and oxygen atoms in total. The van der Waals surface area contributed by atoms with Gasteiger partial charge < -0.3 is 10.1 Å². The van der Waals surface area contributed by atoms with Gasteiger partial charge in [-0.05, 0) is 55.5 Å². The van der Waals surface area contributed by atoms with Crippen LogP contribution in [0, 0.1) is 6.92 Å². The second-order valence-corrected chi connectivity index (χ2v) is 7.01. The summed E-state index contributed by atoms with van der Waals surface area (Å²) in [6.45, 7) is 1.74. The van der Waals surface area contributed by atoms with Crippen molar-refractivity contribution in [3.8, 4) is 17.0 Å². The number of urea groups is 1. The van der Waals surface area contributed by atoms with Gasteiger partial charge in [-0.15, -0.1) is 0 Å². The van der Waals surface area contributed by atoms with Crippen LogP contribution in [0.4, 0.5) is 10.5 Å². The van der Waals surface area contributed by atoms with Crippen LogP contribution in [-0.2, 0) is 0 Å². The number of hydrogen-bond donors (Lipinski definition) is 3. The average molecular weight is 427 g/mol. The topological polar surface area (TPSA) is 105 Å². The van der Waals surface area contributed by atoms with E-state index >= 15 is 0 Å². The summed E-state index contributed by atoms with van der Waals surface area (Å²) in [5.41, 5.74) is 8.64. The molecule has 8 heteroatoms. The van der Waals surface area contributed by atoms with E-state index in [0.717, 1.165) is 16.5 Å². The lowest BCUT2D eigenvalue weighted by molar-refractivity contribution is 0.0937. The summed E-state index contributed by atoms with van der Waals surface area (Å²) < 4.78 is 5.07. The molecule has 32 heavy (non-hydrogen) atoms. The molecule has 0 saturated carbocycles. The van der Waals surface area contributed by atoms with Gasteiger partial charge in [0, 0.05) is 22.8 Å². The lowest BCUT2D eigenvalue weighted by Crippen LogP contribution is -2.44. The van der Waals surface area contributed by atoms with E-state index in [-0.39, 0.29) is 0 Å². The van der Waals surface area contributed by atoms with Gasteiger partial charge in [0.05, 0.1) is 29.6 Å². The monoisotopic (exact) mass is 427 g/mol. The van der Waals surface area contributed by atoms with E-state index in [1.165, 1.54) is 0 Å². The Kier molecular flexibility index (Phi) is 5.94. The molecule has 0 aliphatic rings. The van der Waals surface area contributed by atoms with Crippen LogP contribution >= 0.6 is 0 Å². The fourth-order valence-electron chi connectivity index (χ4n) is 3.19. The van der Waals surface area contributed by atoms with E-state index in [0.29, 0.717) is 28.4 Å². The molecule has 0 spiro atoms. The normalized spacial score (nSPS) is 10.4. The highest BCUT2D eigenvalue weighted by molar-refractivity contribution is 5.98. The van der Waals surface area contributed by atoms with E-state index in [9.17, 15) is 9.59 Å². The minimum Gasteiger partial charge on any atom is -0.497 e. The van der Waals surface area contributed by atoms with Gasteiger partial charge in [-0.3, -0.25) is 20.2 Å². The Bertz CT molecular complexity index is 1290. The number of hydrogen-bond acceptors (Lipinski definition) is 5.